The molecule has 10 fully saturated rings. The van der Waals surface area contributed by atoms with Crippen molar-refractivity contribution in [2.24, 2.45) is 0 Å². The van der Waals surface area contributed by atoms with Gasteiger partial charge >= 0.3 is 5.97 Å². The van der Waals surface area contributed by atoms with E-state index in [1.807, 2.05) is 0 Å². The van der Waals surface area contributed by atoms with Gasteiger partial charge in [0.1, 0.15) is 256 Å². The molecule has 0 bridgehead atoms. The van der Waals surface area contributed by atoms with Crippen molar-refractivity contribution in [3.63, 3.8) is 0 Å². The molecule has 0 aromatic rings. The molecule has 0 radical (unpaired) electrons. The standard InChI is InChI=1S/C81H136N6O59/c1-20(99)82-26(8-88)61(44(108)28(106)9-89)137-76-57(121)67(47(111)30(11-91)128-76)142-72-41(85-23(4)102)52(116)63(35(16-96)133-72)139-78-59(123)69(49(113)32(13-93)130-78)144-74-43(87-25(6)104)54(118)65(37(18-98)135-74)141-79-60(124)70(50(114)33(14-94)131-79)145-73-42(86-24(5)103)53(117)64(36(17-97)134-73)140-77-58(122)68(48(112)31(12-92)129-77)143-71-40(84-22(3)101)51(115)62(34(15-95)132-71)138-75-56(120)55(119)46(110)38(136-75)19-127-81(80(125)126)7-27(105)39(83-21(2)100)66(146-81)45(109)29(107)10-90/h26-79,88-98,105-124H,7-19H2,1-6H3,(H,82,99)(H,83,100)(H,84,101)(H,85,102)(H,86,103)(H,87,104)(H,125,126)/t26-,27-,28+,29+,30+,31+,32+,33+,34+,35+,36+,37+,38+,39+,40+,41+,42+,43+,44-,45+,46-,47-,48-,49-,50-,51+,52+,53+,54+,55-,56+,57+,58+,59+,60+,61+,62+,63+,64+,65+,66+,67-,68-,69-,70-,71-,72-,73-,74-,75-,76-,77-,78-,79-,81+/m0/s1. The second-order valence-electron chi connectivity index (χ2n) is 36.4. The Kier molecular flexibility index (Phi) is 45.1. The number of carboxylic acid groups (broad SMARTS) is 1. The second kappa shape index (κ2) is 53.9. The van der Waals surface area contributed by atoms with E-state index in [4.69, 9.17) is 94.7 Å². The van der Waals surface area contributed by atoms with Gasteiger partial charge in [-0.05, 0) is 0 Å². The Bertz CT molecular complexity index is 4110. The summed E-state index contributed by atoms with van der Waals surface area (Å²) in [5, 5.41) is 371. The Labute approximate surface area is 826 Å². The highest BCUT2D eigenvalue weighted by molar-refractivity contribution is 5.77. The van der Waals surface area contributed by atoms with E-state index in [-0.39, 0.29) is 0 Å². The molecule has 0 aromatic heterocycles. The summed E-state index contributed by atoms with van der Waals surface area (Å²) >= 11 is 0. The van der Waals surface area contributed by atoms with Crippen LogP contribution < -0.4 is 31.9 Å². The third-order valence-corrected chi connectivity index (χ3v) is 26.0. The molecule has 6 amide bonds. The number of aliphatic carboxylic acids is 1. The first-order valence-corrected chi connectivity index (χ1v) is 46.2. The topological polar surface area (TPSA) is 1020 Å². The summed E-state index contributed by atoms with van der Waals surface area (Å²) in [7, 11) is 0. The van der Waals surface area contributed by atoms with Gasteiger partial charge in [-0.15, -0.1) is 0 Å². The Hall–Kier alpha value is -5.75. The average Bonchev–Trinajstić information content (AvgIpc) is 0.764. The number of aliphatic hydroxyl groups is 31. The van der Waals surface area contributed by atoms with Gasteiger partial charge < -0.3 is 290 Å². The molecule has 10 saturated heterocycles. The largest absolute Gasteiger partial charge is 0.477 e. The summed E-state index contributed by atoms with van der Waals surface area (Å²) in [6.45, 7) is -8.55. The molecule has 10 aliphatic rings. The Morgan fingerprint density at radius 3 is 0.856 bits per heavy atom. The van der Waals surface area contributed by atoms with E-state index < -0.39 is 464 Å². The van der Waals surface area contributed by atoms with E-state index >= 15 is 0 Å². The maximum atomic E-state index is 13.2. The van der Waals surface area contributed by atoms with Gasteiger partial charge in [-0.25, -0.2) is 4.79 Å². The lowest BCUT2D eigenvalue weighted by molar-refractivity contribution is -0.390. The highest BCUT2D eigenvalue weighted by Crippen LogP contribution is 2.43. The van der Waals surface area contributed by atoms with Gasteiger partial charge in [0.05, 0.1) is 97.5 Å². The number of aliphatic hydroxyl groups excluding tert-OH is 31. The molecule has 65 nitrogen and oxygen atoms in total. The van der Waals surface area contributed by atoms with Crippen LogP contribution in [0.25, 0.3) is 0 Å². The number of nitrogens with one attached hydrogen (secondary N) is 6. The van der Waals surface area contributed by atoms with Gasteiger partial charge in [0, 0.05) is 48.0 Å². The molecule has 146 heavy (non-hydrogen) atoms. The predicted molar refractivity (Wildman–Crippen MR) is 451 cm³/mol. The fourth-order valence-corrected chi connectivity index (χ4v) is 18.6. The van der Waals surface area contributed by atoms with Crippen LogP contribution in [0.4, 0.5) is 0 Å². The van der Waals surface area contributed by atoms with Gasteiger partial charge in [0.15, 0.2) is 56.6 Å². The zero-order chi connectivity index (χ0) is 108. The van der Waals surface area contributed by atoms with E-state index in [1.54, 1.807) is 0 Å². The molecule has 0 spiro atoms. The third kappa shape index (κ3) is 27.8. The highest BCUT2D eigenvalue weighted by atomic mass is 16.8. The van der Waals surface area contributed by atoms with E-state index in [0.717, 1.165) is 41.5 Å². The van der Waals surface area contributed by atoms with Crippen LogP contribution in [0, 0.1) is 0 Å². The van der Waals surface area contributed by atoms with E-state index in [2.05, 4.69) is 31.9 Å². The lowest BCUT2D eigenvalue weighted by atomic mass is 9.88. The van der Waals surface area contributed by atoms with Crippen molar-refractivity contribution in [1.82, 2.24) is 31.9 Å². The molecule has 844 valence electrons. The Balaban J connectivity index is 0.817. The first kappa shape index (κ1) is 122. The molecule has 10 heterocycles. The van der Waals surface area contributed by atoms with Gasteiger partial charge in [-0.2, -0.15) is 0 Å². The summed E-state index contributed by atoms with van der Waals surface area (Å²) in [6, 6.07) is -11.3. The molecule has 55 atom stereocenters. The minimum atomic E-state index is -3.07. The zero-order valence-corrected chi connectivity index (χ0v) is 78.7. The molecule has 10 rings (SSSR count). The molecule has 0 saturated carbocycles. The van der Waals surface area contributed by atoms with Crippen molar-refractivity contribution in [3.8, 4) is 0 Å². The summed E-state index contributed by atoms with van der Waals surface area (Å²) < 4.78 is 118. The molecular weight excluding hydrogens is 2000 g/mol. The van der Waals surface area contributed by atoms with Gasteiger partial charge in [-0.3, -0.25) is 28.8 Å². The third-order valence-electron chi connectivity index (χ3n) is 26.0. The maximum Gasteiger partial charge on any atom is 0.364 e. The minimum absolute atomic E-state index is 0.820. The number of amides is 6. The highest BCUT2D eigenvalue weighted by Gasteiger charge is 2.64. The van der Waals surface area contributed by atoms with Gasteiger partial charge in [-0.1, -0.05) is 0 Å². The summed E-state index contributed by atoms with van der Waals surface area (Å²) in [5.41, 5.74) is 0. The lowest BCUT2D eigenvalue weighted by Crippen LogP contribution is -2.71. The number of carbonyl (C=O) groups excluding carboxylic acids is 6. The molecule has 0 aliphatic carbocycles. The van der Waals surface area contributed by atoms with E-state index in [0.29, 0.717) is 0 Å². The smallest absolute Gasteiger partial charge is 0.364 e. The fraction of sp³-hybridized carbons (Fsp3) is 0.914. The minimum Gasteiger partial charge on any atom is -0.477 e. The monoisotopic (exact) mass is 2140 g/mol. The number of hydrogen-bond donors (Lipinski definition) is 38. The first-order chi connectivity index (χ1) is 68.9. The normalized spacial score (nSPS) is 44.7. The van der Waals surface area contributed by atoms with Crippen LogP contribution in [-0.2, 0) is 128 Å². The van der Waals surface area contributed by atoms with Crippen LogP contribution in [0.5, 0.6) is 0 Å². The molecule has 10 aliphatic heterocycles. The number of ether oxygens (including phenoxy) is 20. The van der Waals surface area contributed by atoms with Crippen molar-refractivity contribution in [1.29, 1.82) is 0 Å². The van der Waals surface area contributed by atoms with Crippen molar-refractivity contribution in [2.75, 3.05) is 79.3 Å². The molecule has 38 N–H and O–H groups in total. The van der Waals surface area contributed by atoms with Crippen LogP contribution in [0.15, 0.2) is 0 Å². The number of rotatable bonds is 44. The molecule has 0 aromatic carbocycles. The van der Waals surface area contributed by atoms with Gasteiger partial charge in [0.2, 0.25) is 35.4 Å². The lowest BCUT2D eigenvalue weighted by Gasteiger charge is -2.51. The number of carboxylic acids is 1. The van der Waals surface area contributed by atoms with Crippen molar-refractivity contribution >= 4 is 41.4 Å². The Morgan fingerprint density at radius 2 is 0.575 bits per heavy atom. The quantitative estimate of drug-likeness (QED) is 0.0269. The molecule has 0 unspecified atom stereocenters. The van der Waals surface area contributed by atoms with Crippen LogP contribution in [0.2, 0.25) is 0 Å². The van der Waals surface area contributed by atoms with Gasteiger partial charge in [0.25, 0.3) is 5.79 Å². The Morgan fingerprint density at radius 1 is 0.301 bits per heavy atom. The first-order valence-electron chi connectivity index (χ1n) is 46.2. The average molecular weight is 2140 g/mol. The van der Waals surface area contributed by atoms with Crippen LogP contribution >= 0.6 is 0 Å². The zero-order valence-electron chi connectivity index (χ0n) is 78.7. The van der Waals surface area contributed by atoms with E-state index in [9.17, 15) is 197 Å². The van der Waals surface area contributed by atoms with Crippen LogP contribution in [0.1, 0.15) is 48.0 Å². The number of carbonyl (C=O) groups is 7. The summed E-state index contributed by atoms with van der Waals surface area (Å²) in [4.78, 5) is 89.4. The summed E-state index contributed by atoms with van der Waals surface area (Å²) in [6.07, 6.45) is -105. The summed E-state index contributed by atoms with van der Waals surface area (Å²) in [5.74, 6) is -10.8. The van der Waals surface area contributed by atoms with Crippen molar-refractivity contribution in [2.45, 2.75) is 385 Å². The SMILES string of the molecule is CC(=O)N[C@H]1[C@H](O[C@H]2[C@@H](O)[C@@H](CO)O[C@@H](O[C@H]3[C@H](O)[C@@H](NC(C)=O)[C@H](O[C@H]4[C@@H](O)[C@@H](CO)O[C@@H](O[C@H]5[C@H](O)[C@@H](NC(C)=O)[C@H](O[C@H]6[C@@H](O)[C@@H](CO)O[C@@H](O[C@H]7[C@H](O)[C@@H](NC(C)=O)[C@H](O[C@H]8[C@@H](O)[C@@H](CO)O[C@@H](O[C@@H]([C@@H](O)[C@H](O)CO)[C@H](CO)NC(C)=O)[C@@H]8O)O[C@@H]7CO)[C@@H]6O)O[C@@H]5CO)[C@@H]4O)O[C@@H]3CO)[C@@H]2O)O[C@H](CO)[C@@H](O[C@@H]2O[C@H](CO[C@]3(C(=O)O)C[C@H](O)[C@@H](NC(C)=O)[C@H]([C@H](O)[C@H](O)CO)O3)[C@H](O)[C@H](O)[C@H]2O)[C@@H]1O. The second-order valence-corrected chi connectivity index (χ2v) is 36.4. The van der Waals surface area contributed by atoms with Crippen LogP contribution in [0.3, 0.4) is 0 Å². The van der Waals surface area contributed by atoms with Crippen molar-refractivity contribution in [3.05, 3.63) is 0 Å². The van der Waals surface area contributed by atoms with Crippen LogP contribution in [-0.4, -0.2) is 621 Å². The molecule has 65 heteroatoms. The fourth-order valence-electron chi connectivity index (χ4n) is 18.6. The van der Waals surface area contributed by atoms with Crippen molar-refractivity contribution < 1.29 is 292 Å². The maximum absolute atomic E-state index is 13.2. The van der Waals surface area contributed by atoms with E-state index in [1.165, 1.54) is 0 Å². The number of hydrogen-bond acceptors (Lipinski definition) is 58. The predicted octanol–water partition coefficient (Wildman–Crippen LogP) is -25.3. The molecular formula is C81H136N6O59.